The molecule has 0 aromatic heterocycles. The van der Waals surface area contributed by atoms with Crippen molar-refractivity contribution in [1.82, 2.24) is 5.32 Å². The average molecular weight is 405 g/mol. The van der Waals surface area contributed by atoms with Crippen molar-refractivity contribution in [3.8, 4) is 0 Å². The van der Waals surface area contributed by atoms with Crippen LogP contribution in [-0.2, 0) is 20.5 Å². The van der Waals surface area contributed by atoms with Crippen molar-refractivity contribution in [1.29, 1.82) is 0 Å². The number of alkyl halides is 3. The van der Waals surface area contributed by atoms with Gasteiger partial charge in [0.1, 0.15) is 11.7 Å². The number of nitrogens with one attached hydrogen (secondary N) is 2. The van der Waals surface area contributed by atoms with Crippen molar-refractivity contribution in [2.45, 2.75) is 51.9 Å². The molecular formula is C17H22F3N3O5. The van der Waals surface area contributed by atoms with E-state index >= 15 is 0 Å². The molecule has 0 spiro atoms. The molecule has 0 bridgehead atoms. The van der Waals surface area contributed by atoms with Crippen LogP contribution in [0.4, 0.5) is 24.5 Å². The van der Waals surface area contributed by atoms with Crippen LogP contribution >= 0.6 is 0 Å². The van der Waals surface area contributed by atoms with E-state index < -0.39 is 46.9 Å². The van der Waals surface area contributed by atoms with E-state index in [1.54, 1.807) is 0 Å². The number of esters is 1. The molecule has 2 N–H and O–H groups in total. The van der Waals surface area contributed by atoms with Crippen LogP contribution < -0.4 is 10.6 Å². The van der Waals surface area contributed by atoms with Crippen molar-refractivity contribution in [2.24, 2.45) is 0 Å². The number of halogens is 3. The summed E-state index contributed by atoms with van der Waals surface area (Å²) in [5.41, 5.74) is -2.29. The number of benzene rings is 1. The Balaban J connectivity index is 2.76. The van der Waals surface area contributed by atoms with Crippen LogP contribution in [0, 0.1) is 10.1 Å². The maximum absolute atomic E-state index is 12.7. The van der Waals surface area contributed by atoms with Crippen LogP contribution in [-0.4, -0.2) is 35.5 Å². The highest BCUT2D eigenvalue weighted by atomic mass is 19.4. The number of nitro benzene ring substituents is 1. The van der Waals surface area contributed by atoms with Crippen molar-refractivity contribution < 1.29 is 32.4 Å². The first kappa shape index (κ1) is 23.2. The third kappa shape index (κ3) is 6.71. The van der Waals surface area contributed by atoms with E-state index in [1.165, 1.54) is 6.92 Å². The van der Waals surface area contributed by atoms with Crippen LogP contribution in [0.2, 0.25) is 0 Å². The first-order valence-corrected chi connectivity index (χ1v) is 8.57. The number of amides is 1. The SMILES string of the molecule is CCC(CC)NC(=O)COC(=O)[C@H](C)Nc1ccc(C(F)(F)F)cc1[N+](=O)[O-]. The van der Waals surface area contributed by atoms with Gasteiger partial charge in [0, 0.05) is 12.1 Å². The predicted octanol–water partition coefficient (Wildman–Crippen LogP) is 3.26. The second kappa shape index (κ2) is 9.90. The molecule has 11 heteroatoms. The van der Waals surface area contributed by atoms with Crippen molar-refractivity contribution in [3.05, 3.63) is 33.9 Å². The number of hydrogen-bond acceptors (Lipinski definition) is 6. The predicted molar refractivity (Wildman–Crippen MR) is 94.7 cm³/mol. The molecule has 1 amide bonds. The molecule has 1 atom stereocenters. The maximum Gasteiger partial charge on any atom is 0.416 e. The quantitative estimate of drug-likeness (QED) is 0.371. The van der Waals surface area contributed by atoms with Gasteiger partial charge in [-0.25, -0.2) is 4.79 Å². The summed E-state index contributed by atoms with van der Waals surface area (Å²) in [6.07, 6.45) is -3.31. The normalized spacial score (nSPS) is 12.4. The van der Waals surface area contributed by atoms with Gasteiger partial charge in [-0.3, -0.25) is 14.9 Å². The zero-order chi connectivity index (χ0) is 21.5. The summed E-state index contributed by atoms with van der Waals surface area (Å²) < 4.78 is 43.0. The number of carbonyl (C=O) groups is 2. The Labute approximate surface area is 159 Å². The molecule has 28 heavy (non-hydrogen) atoms. The van der Waals surface area contributed by atoms with Gasteiger partial charge < -0.3 is 15.4 Å². The Morgan fingerprint density at radius 2 is 1.86 bits per heavy atom. The van der Waals surface area contributed by atoms with E-state index in [1.807, 2.05) is 13.8 Å². The lowest BCUT2D eigenvalue weighted by molar-refractivity contribution is -0.384. The summed E-state index contributed by atoms with van der Waals surface area (Å²) in [6, 6.07) is 0.734. The molecule has 0 aliphatic carbocycles. The van der Waals surface area contributed by atoms with Crippen LogP contribution in [0.5, 0.6) is 0 Å². The number of nitro groups is 1. The smallest absolute Gasteiger partial charge is 0.416 e. The molecule has 1 aromatic rings. The standard InChI is InChI=1S/C17H22F3N3O5/c1-4-12(5-2)22-15(24)9-28-16(25)10(3)21-13-7-6-11(17(18,19)20)8-14(13)23(26)27/h6-8,10,12,21H,4-5,9H2,1-3H3,(H,22,24)/t10-/m0/s1. The zero-order valence-electron chi connectivity index (χ0n) is 15.6. The summed E-state index contributed by atoms with van der Waals surface area (Å²) in [4.78, 5) is 33.8. The molecule has 0 heterocycles. The minimum absolute atomic E-state index is 0.0449. The molecular weight excluding hydrogens is 383 g/mol. The van der Waals surface area contributed by atoms with Crippen LogP contribution in [0.25, 0.3) is 0 Å². The van der Waals surface area contributed by atoms with Crippen LogP contribution in [0.15, 0.2) is 18.2 Å². The number of rotatable bonds is 9. The average Bonchev–Trinajstić information content (AvgIpc) is 2.63. The number of anilines is 1. The number of ether oxygens (including phenoxy) is 1. The maximum atomic E-state index is 12.7. The van der Waals surface area contributed by atoms with Crippen molar-refractivity contribution in [2.75, 3.05) is 11.9 Å². The van der Waals surface area contributed by atoms with Crippen molar-refractivity contribution >= 4 is 23.3 Å². The van der Waals surface area contributed by atoms with Crippen LogP contribution in [0.3, 0.4) is 0 Å². The Bertz CT molecular complexity index is 720. The molecule has 156 valence electrons. The third-order valence-corrected chi connectivity index (χ3v) is 3.94. The van der Waals surface area contributed by atoms with Crippen molar-refractivity contribution in [3.63, 3.8) is 0 Å². The van der Waals surface area contributed by atoms with E-state index in [0.717, 1.165) is 6.07 Å². The third-order valence-electron chi connectivity index (χ3n) is 3.94. The first-order valence-electron chi connectivity index (χ1n) is 8.57. The van der Waals surface area contributed by atoms with Gasteiger partial charge >= 0.3 is 12.1 Å². The molecule has 1 aromatic carbocycles. The number of hydrogen-bond donors (Lipinski definition) is 2. The number of nitrogens with zero attached hydrogens (tertiary/aromatic N) is 1. The summed E-state index contributed by atoms with van der Waals surface area (Å²) in [6.45, 7) is 4.56. The van der Waals surface area contributed by atoms with Gasteiger partial charge in [-0.2, -0.15) is 13.2 Å². The number of carbonyl (C=O) groups excluding carboxylic acids is 2. The van der Waals surface area contributed by atoms with E-state index in [4.69, 9.17) is 4.74 Å². The van der Waals surface area contributed by atoms with Gasteiger partial charge in [-0.05, 0) is 31.9 Å². The van der Waals surface area contributed by atoms with Gasteiger partial charge in [0.25, 0.3) is 11.6 Å². The molecule has 1 rings (SSSR count). The van der Waals surface area contributed by atoms with E-state index in [0.29, 0.717) is 25.0 Å². The summed E-state index contributed by atoms with van der Waals surface area (Å²) in [7, 11) is 0. The van der Waals surface area contributed by atoms with Gasteiger partial charge in [0.05, 0.1) is 10.5 Å². The second-order valence-electron chi connectivity index (χ2n) is 6.04. The lowest BCUT2D eigenvalue weighted by atomic mass is 10.1. The second-order valence-corrected chi connectivity index (χ2v) is 6.04. The molecule has 0 saturated carbocycles. The monoisotopic (exact) mass is 405 g/mol. The molecule has 0 aliphatic rings. The summed E-state index contributed by atoms with van der Waals surface area (Å²) in [5.74, 6) is -1.37. The summed E-state index contributed by atoms with van der Waals surface area (Å²) in [5, 5.41) is 16.2. The highest BCUT2D eigenvalue weighted by Crippen LogP contribution is 2.35. The molecule has 0 fully saturated rings. The van der Waals surface area contributed by atoms with Gasteiger partial charge in [0.2, 0.25) is 0 Å². The van der Waals surface area contributed by atoms with Gasteiger partial charge in [-0.1, -0.05) is 13.8 Å². The molecule has 0 unspecified atom stereocenters. The Hall–Kier alpha value is -2.85. The lowest BCUT2D eigenvalue weighted by Crippen LogP contribution is -2.38. The fraction of sp³-hybridized carbons (Fsp3) is 0.529. The topological polar surface area (TPSA) is 111 Å². The minimum atomic E-state index is -4.74. The Morgan fingerprint density at radius 1 is 1.25 bits per heavy atom. The fourth-order valence-corrected chi connectivity index (χ4v) is 2.30. The first-order chi connectivity index (χ1) is 13.0. The van der Waals surface area contributed by atoms with E-state index in [2.05, 4.69) is 10.6 Å². The Morgan fingerprint density at radius 3 is 2.36 bits per heavy atom. The van der Waals surface area contributed by atoms with E-state index in [-0.39, 0.29) is 11.7 Å². The molecule has 0 saturated heterocycles. The zero-order valence-corrected chi connectivity index (χ0v) is 15.6. The van der Waals surface area contributed by atoms with Crippen LogP contribution in [0.1, 0.15) is 39.2 Å². The molecule has 0 aliphatic heterocycles. The highest BCUT2D eigenvalue weighted by Gasteiger charge is 2.33. The largest absolute Gasteiger partial charge is 0.454 e. The van der Waals surface area contributed by atoms with E-state index in [9.17, 15) is 32.9 Å². The Kier molecular flexibility index (Phi) is 8.20. The highest BCUT2D eigenvalue weighted by molar-refractivity contribution is 5.84. The van der Waals surface area contributed by atoms with Gasteiger partial charge in [-0.15, -0.1) is 0 Å². The summed E-state index contributed by atoms with van der Waals surface area (Å²) >= 11 is 0. The molecule has 8 nitrogen and oxygen atoms in total. The minimum Gasteiger partial charge on any atom is -0.454 e. The van der Waals surface area contributed by atoms with Gasteiger partial charge in [0.15, 0.2) is 6.61 Å². The fourth-order valence-electron chi connectivity index (χ4n) is 2.30. The molecule has 0 radical (unpaired) electrons. The lowest BCUT2D eigenvalue weighted by Gasteiger charge is -2.17.